The van der Waals surface area contributed by atoms with Crippen molar-refractivity contribution in [3.63, 3.8) is 0 Å². The molecule has 0 spiro atoms. The number of hydrogen-bond acceptors (Lipinski definition) is 4. The number of benzene rings is 1. The number of piperidine rings is 1. The molecule has 1 fully saturated rings. The summed E-state index contributed by atoms with van der Waals surface area (Å²) in [6, 6.07) is 5.42. The van der Waals surface area contributed by atoms with Crippen molar-refractivity contribution in [2.75, 3.05) is 33.0 Å². The first-order valence-corrected chi connectivity index (χ1v) is 7.67. The van der Waals surface area contributed by atoms with Gasteiger partial charge in [-0.3, -0.25) is 4.79 Å². The van der Waals surface area contributed by atoms with Gasteiger partial charge in [0, 0.05) is 18.7 Å². The van der Waals surface area contributed by atoms with Crippen LogP contribution in [0.25, 0.3) is 0 Å². The molecule has 1 saturated heterocycles. The summed E-state index contributed by atoms with van der Waals surface area (Å²) in [6.45, 7) is 5.95. The van der Waals surface area contributed by atoms with Crippen LogP contribution in [0.15, 0.2) is 18.2 Å². The Morgan fingerprint density at radius 3 is 2.81 bits per heavy atom. The summed E-state index contributed by atoms with van der Waals surface area (Å²) in [7, 11) is 0. The maximum atomic E-state index is 12.7. The number of hydrogen-bond donors (Lipinski definition) is 1. The molecule has 1 N–H and O–H groups in total. The third kappa shape index (κ3) is 3.13. The van der Waals surface area contributed by atoms with E-state index in [1.54, 1.807) is 6.07 Å². The first kappa shape index (κ1) is 14.2. The first-order chi connectivity index (χ1) is 10.3. The van der Waals surface area contributed by atoms with E-state index in [9.17, 15) is 4.79 Å². The van der Waals surface area contributed by atoms with Crippen LogP contribution in [0, 0.1) is 5.92 Å². The average Bonchev–Trinajstić information content (AvgIpc) is 3.00. The van der Waals surface area contributed by atoms with Crippen molar-refractivity contribution in [3.05, 3.63) is 23.8 Å². The van der Waals surface area contributed by atoms with Gasteiger partial charge in [-0.15, -0.1) is 0 Å². The quantitative estimate of drug-likeness (QED) is 0.920. The number of fused-ring (bicyclic) bond motifs is 1. The summed E-state index contributed by atoms with van der Waals surface area (Å²) in [6.07, 6.45) is 2.29. The molecule has 0 aliphatic carbocycles. The summed E-state index contributed by atoms with van der Waals surface area (Å²) in [5.74, 6) is 2.06. The fraction of sp³-hybridized carbons (Fsp3) is 0.562. The normalized spacial score (nSPS) is 17.8. The van der Waals surface area contributed by atoms with Crippen molar-refractivity contribution < 1.29 is 14.3 Å². The van der Waals surface area contributed by atoms with E-state index in [2.05, 4.69) is 5.32 Å². The van der Waals surface area contributed by atoms with Crippen LogP contribution in [0.1, 0.15) is 30.1 Å². The second kappa shape index (κ2) is 6.35. The number of nitrogens with one attached hydrogen (secondary N) is 1. The van der Waals surface area contributed by atoms with Crippen molar-refractivity contribution in [1.29, 1.82) is 0 Å². The Morgan fingerprint density at radius 2 is 2.05 bits per heavy atom. The molecule has 2 aliphatic rings. The number of ether oxygens (including phenoxy) is 2. The topological polar surface area (TPSA) is 50.8 Å². The molecule has 5 heteroatoms. The smallest absolute Gasteiger partial charge is 0.253 e. The maximum Gasteiger partial charge on any atom is 0.253 e. The van der Waals surface area contributed by atoms with Gasteiger partial charge in [0.2, 0.25) is 6.79 Å². The highest BCUT2D eigenvalue weighted by atomic mass is 16.7. The van der Waals surface area contributed by atoms with Gasteiger partial charge in [-0.25, -0.2) is 0 Å². The minimum atomic E-state index is 0.0781. The van der Waals surface area contributed by atoms with Gasteiger partial charge in [0.15, 0.2) is 11.5 Å². The Hall–Kier alpha value is -1.75. The second-order valence-electron chi connectivity index (χ2n) is 5.61. The number of rotatable bonds is 4. The van der Waals surface area contributed by atoms with Gasteiger partial charge >= 0.3 is 0 Å². The minimum Gasteiger partial charge on any atom is -0.454 e. The Labute approximate surface area is 125 Å². The maximum absolute atomic E-state index is 12.7. The van der Waals surface area contributed by atoms with Crippen LogP contribution in [0.4, 0.5) is 0 Å². The highest BCUT2D eigenvalue weighted by Crippen LogP contribution is 2.32. The zero-order chi connectivity index (χ0) is 14.7. The van der Waals surface area contributed by atoms with Gasteiger partial charge in [-0.2, -0.15) is 0 Å². The number of nitrogens with zero attached hydrogens (tertiary/aromatic N) is 1. The van der Waals surface area contributed by atoms with Crippen LogP contribution in [0.3, 0.4) is 0 Å². The summed E-state index contributed by atoms with van der Waals surface area (Å²) in [5.41, 5.74) is 0.676. The SMILES string of the molecule is CCN(CC1CCNCC1)C(=O)c1ccc2c(c1)OCO2. The van der Waals surface area contributed by atoms with Crippen LogP contribution in [0.2, 0.25) is 0 Å². The van der Waals surface area contributed by atoms with Crippen LogP contribution in [-0.4, -0.2) is 43.8 Å². The monoisotopic (exact) mass is 290 g/mol. The van der Waals surface area contributed by atoms with Gasteiger partial charge < -0.3 is 19.7 Å². The zero-order valence-corrected chi connectivity index (χ0v) is 12.4. The lowest BCUT2D eigenvalue weighted by atomic mass is 9.97. The molecule has 0 saturated carbocycles. The van der Waals surface area contributed by atoms with Crippen molar-refractivity contribution >= 4 is 5.91 Å². The molecule has 5 nitrogen and oxygen atoms in total. The average molecular weight is 290 g/mol. The molecule has 1 aromatic carbocycles. The summed E-state index contributed by atoms with van der Waals surface area (Å²) in [4.78, 5) is 14.6. The van der Waals surface area contributed by atoms with Crippen molar-refractivity contribution in [1.82, 2.24) is 10.2 Å². The molecule has 0 atom stereocenters. The van der Waals surface area contributed by atoms with Gasteiger partial charge in [-0.1, -0.05) is 0 Å². The fourth-order valence-electron chi connectivity index (χ4n) is 2.94. The van der Waals surface area contributed by atoms with E-state index in [1.165, 1.54) is 0 Å². The largest absolute Gasteiger partial charge is 0.454 e. The third-order valence-electron chi connectivity index (χ3n) is 4.23. The zero-order valence-electron chi connectivity index (χ0n) is 12.4. The van der Waals surface area contributed by atoms with Gasteiger partial charge in [0.1, 0.15) is 0 Å². The molecular weight excluding hydrogens is 268 g/mol. The van der Waals surface area contributed by atoms with E-state index >= 15 is 0 Å². The van der Waals surface area contributed by atoms with Crippen molar-refractivity contribution in [3.8, 4) is 11.5 Å². The molecule has 21 heavy (non-hydrogen) atoms. The minimum absolute atomic E-state index is 0.0781. The number of carbonyl (C=O) groups is 1. The highest BCUT2D eigenvalue weighted by molar-refractivity contribution is 5.95. The summed E-state index contributed by atoms with van der Waals surface area (Å²) < 4.78 is 10.6. The third-order valence-corrected chi connectivity index (χ3v) is 4.23. The fourth-order valence-corrected chi connectivity index (χ4v) is 2.94. The molecule has 0 unspecified atom stereocenters. The van der Waals surface area contributed by atoms with E-state index in [4.69, 9.17) is 9.47 Å². The Morgan fingerprint density at radius 1 is 1.29 bits per heavy atom. The van der Waals surface area contributed by atoms with Gasteiger partial charge in [0.05, 0.1) is 0 Å². The predicted octanol–water partition coefficient (Wildman–Crippen LogP) is 1.88. The van der Waals surface area contributed by atoms with E-state index < -0.39 is 0 Å². The summed E-state index contributed by atoms with van der Waals surface area (Å²) in [5, 5.41) is 3.36. The van der Waals surface area contributed by atoms with Crippen molar-refractivity contribution in [2.45, 2.75) is 19.8 Å². The molecule has 0 radical (unpaired) electrons. The molecule has 1 aromatic rings. The summed E-state index contributed by atoms with van der Waals surface area (Å²) >= 11 is 0. The first-order valence-electron chi connectivity index (χ1n) is 7.67. The molecule has 2 aliphatic heterocycles. The lowest BCUT2D eigenvalue weighted by Crippen LogP contribution is -2.39. The van der Waals surface area contributed by atoms with Crippen LogP contribution in [-0.2, 0) is 0 Å². The standard InChI is InChI=1S/C16H22N2O3/c1-2-18(10-12-5-7-17-8-6-12)16(19)13-3-4-14-15(9-13)21-11-20-14/h3-4,9,12,17H,2,5-8,10-11H2,1H3. The van der Waals surface area contributed by atoms with Crippen molar-refractivity contribution in [2.24, 2.45) is 5.92 Å². The van der Waals surface area contributed by atoms with E-state index in [0.29, 0.717) is 23.0 Å². The highest BCUT2D eigenvalue weighted by Gasteiger charge is 2.22. The Balaban J connectivity index is 1.69. The van der Waals surface area contributed by atoms with E-state index in [0.717, 1.165) is 39.0 Å². The molecular formula is C16H22N2O3. The Bertz CT molecular complexity index is 512. The van der Waals surface area contributed by atoms with Gasteiger partial charge in [0.25, 0.3) is 5.91 Å². The van der Waals surface area contributed by atoms with Crippen LogP contribution < -0.4 is 14.8 Å². The molecule has 0 bridgehead atoms. The second-order valence-corrected chi connectivity index (χ2v) is 5.61. The molecule has 1 amide bonds. The van der Waals surface area contributed by atoms with Crippen LogP contribution >= 0.6 is 0 Å². The van der Waals surface area contributed by atoms with Crippen LogP contribution in [0.5, 0.6) is 11.5 Å². The van der Waals surface area contributed by atoms with Gasteiger partial charge in [-0.05, 0) is 57.0 Å². The van der Waals surface area contributed by atoms with E-state index in [-0.39, 0.29) is 12.7 Å². The Kier molecular flexibility index (Phi) is 4.29. The molecule has 0 aromatic heterocycles. The lowest BCUT2D eigenvalue weighted by Gasteiger charge is -2.29. The molecule has 3 rings (SSSR count). The number of carbonyl (C=O) groups excluding carboxylic acids is 1. The molecule has 114 valence electrons. The predicted molar refractivity (Wildman–Crippen MR) is 79.7 cm³/mol. The number of amides is 1. The van der Waals surface area contributed by atoms with E-state index in [1.807, 2.05) is 24.0 Å². The molecule has 2 heterocycles. The lowest BCUT2D eigenvalue weighted by molar-refractivity contribution is 0.0726.